The third-order valence-corrected chi connectivity index (χ3v) is 4.80. The zero-order valence-electron chi connectivity index (χ0n) is 15.9. The minimum absolute atomic E-state index is 0.00780. The molecule has 4 nitrogen and oxygen atoms in total. The third-order valence-electron chi connectivity index (χ3n) is 4.40. The van der Waals surface area contributed by atoms with Gasteiger partial charge in [0.25, 0.3) is 5.91 Å². The van der Waals surface area contributed by atoms with Gasteiger partial charge in [0.1, 0.15) is 5.69 Å². The summed E-state index contributed by atoms with van der Waals surface area (Å²) in [5.41, 5.74) is 0.734. The lowest BCUT2D eigenvalue weighted by molar-refractivity contribution is -0.137. The van der Waals surface area contributed by atoms with E-state index in [1.54, 1.807) is 30.3 Å². The molecule has 0 aliphatic heterocycles. The van der Waals surface area contributed by atoms with Gasteiger partial charge in [0, 0.05) is 22.9 Å². The molecule has 2 aromatic carbocycles. The molecule has 0 atom stereocenters. The molecule has 0 fully saturated rings. The van der Waals surface area contributed by atoms with Gasteiger partial charge in [-0.15, -0.1) is 0 Å². The van der Waals surface area contributed by atoms with Crippen LogP contribution in [0, 0.1) is 0 Å². The Labute approximate surface area is 181 Å². The SMILES string of the molecule is CC(C)c1cccc(C(F)(F)F)c1-c1cc(-c2cccc(NC(=O)C(Cl)Cl)c2)on1. The molecule has 1 heterocycles. The van der Waals surface area contributed by atoms with Gasteiger partial charge in [-0.25, -0.2) is 0 Å². The molecule has 3 rings (SSSR count). The number of amides is 1. The largest absolute Gasteiger partial charge is 0.417 e. The van der Waals surface area contributed by atoms with Crippen LogP contribution >= 0.6 is 23.2 Å². The molecular weight excluding hydrogens is 440 g/mol. The number of hydrogen-bond acceptors (Lipinski definition) is 3. The van der Waals surface area contributed by atoms with Gasteiger partial charge < -0.3 is 9.84 Å². The van der Waals surface area contributed by atoms with Crippen LogP contribution in [0.1, 0.15) is 30.9 Å². The molecule has 30 heavy (non-hydrogen) atoms. The van der Waals surface area contributed by atoms with Gasteiger partial charge in [-0.1, -0.05) is 66.5 Å². The van der Waals surface area contributed by atoms with E-state index in [0.29, 0.717) is 16.8 Å². The van der Waals surface area contributed by atoms with Gasteiger partial charge in [-0.3, -0.25) is 4.79 Å². The zero-order valence-corrected chi connectivity index (χ0v) is 17.4. The number of carbonyl (C=O) groups excluding carboxylic acids is 1. The molecule has 0 radical (unpaired) electrons. The van der Waals surface area contributed by atoms with Gasteiger partial charge in [-0.2, -0.15) is 13.2 Å². The molecule has 1 N–H and O–H groups in total. The Hall–Kier alpha value is -2.51. The molecule has 1 aromatic heterocycles. The molecule has 0 spiro atoms. The second-order valence-electron chi connectivity index (χ2n) is 6.87. The number of halogens is 5. The summed E-state index contributed by atoms with van der Waals surface area (Å²) in [7, 11) is 0. The minimum atomic E-state index is -4.54. The standard InChI is InChI=1S/C21H17Cl2F3N2O2/c1-11(2)14-7-4-8-15(21(24,25)26)18(14)16-10-17(30-28-16)12-5-3-6-13(9-12)27-20(29)19(22)23/h3-11,19H,1-2H3,(H,27,29). The Morgan fingerprint density at radius 2 is 1.80 bits per heavy atom. The van der Waals surface area contributed by atoms with Gasteiger partial charge >= 0.3 is 6.18 Å². The molecule has 0 aliphatic carbocycles. The number of anilines is 1. The van der Waals surface area contributed by atoms with Crippen LogP contribution in [0.3, 0.4) is 0 Å². The normalized spacial score (nSPS) is 11.9. The van der Waals surface area contributed by atoms with Crippen molar-refractivity contribution in [1.29, 1.82) is 0 Å². The highest BCUT2D eigenvalue weighted by Gasteiger charge is 2.36. The third kappa shape index (κ3) is 4.79. The van der Waals surface area contributed by atoms with Gasteiger partial charge in [0.15, 0.2) is 10.6 Å². The van der Waals surface area contributed by atoms with Crippen molar-refractivity contribution in [3.63, 3.8) is 0 Å². The number of nitrogens with zero attached hydrogens (tertiary/aromatic N) is 1. The van der Waals surface area contributed by atoms with Crippen LogP contribution in [-0.2, 0) is 11.0 Å². The van der Waals surface area contributed by atoms with Crippen molar-refractivity contribution in [2.75, 3.05) is 5.32 Å². The number of benzene rings is 2. The lowest BCUT2D eigenvalue weighted by Gasteiger charge is -2.17. The molecule has 0 aliphatic rings. The number of rotatable bonds is 5. The average molecular weight is 457 g/mol. The number of aromatic nitrogens is 1. The van der Waals surface area contributed by atoms with Crippen molar-refractivity contribution < 1.29 is 22.5 Å². The zero-order chi connectivity index (χ0) is 22.1. The fraction of sp³-hybridized carbons (Fsp3) is 0.238. The molecule has 0 unspecified atom stereocenters. The van der Waals surface area contributed by atoms with E-state index < -0.39 is 22.5 Å². The molecule has 158 valence electrons. The summed E-state index contributed by atoms with van der Waals surface area (Å²) in [5.74, 6) is -0.504. The second kappa shape index (κ2) is 8.70. The predicted molar refractivity (Wildman–Crippen MR) is 111 cm³/mol. The van der Waals surface area contributed by atoms with E-state index in [4.69, 9.17) is 27.7 Å². The minimum Gasteiger partial charge on any atom is -0.356 e. The highest BCUT2D eigenvalue weighted by molar-refractivity contribution is 6.54. The molecule has 0 bridgehead atoms. The topological polar surface area (TPSA) is 55.1 Å². The average Bonchev–Trinajstić information content (AvgIpc) is 3.16. The summed E-state index contributed by atoms with van der Waals surface area (Å²) in [6.07, 6.45) is -4.54. The summed E-state index contributed by atoms with van der Waals surface area (Å²) in [6.45, 7) is 3.63. The summed E-state index contributed by atoms with van der Waals surface area (Å²) >= 11 is 11.1. The van der Waals surface area contributed by atoms with Crippen LogP contribution in [0.2, 0.25) is 0 Å². The van der Waals surface area contributed by atoms with Gasteiger partial charge in [0.05, 0.1) is 5.56 Å². The fourth-order valence-corrected chi connectivity index (χ4v) is 3.16. The maximum atomic E-state index is 13.6. The van der Waals surface area contributed by atoms with E-state index >= 15 is 0 Å². The number of alkyl halides is 5. The number of hydrogen-bond donors (Lipinski definition) is 1. The Morgan fingerprint density at radius 1 is 1.10 bits per heavy atom. The van der Waals surface area contributed by atoms with Crippen LogP contribution in [0.4, 0.5) is 18.9 Å². The van der Waals surface area contributed by atoms with Crippen molar-refractivity contribution in [3.05, 3.63) is 59.7 Å². The van der Waals surface area contributed by atoms with Crippen LogP contribution in [0.25, 0.3) is 22.6 Å². The highest BCUT2D eigenvalue weighted by atomic mass is 35.5. The van der Waals surface area contributed by atoms with Crippen LogP contribution in [0.5, 0.6) is 0 Å². The maximum absolute atomic E-state index is 13.6. The summed E-state index contributed by atoms with van der Waals surface area (Å²) in [4.78, 5) is 10.4. The van der Waals surface area contributed by atoms with Gasteiger partial charge in [0.2, 0.25) is 0 Å². The van der Waals surface area contributed by atoms with Crippen LogP contribution in [-0.4, -0.2) is 15.9 Å². The molecular formula is C21H17Cl2F3N2O2. The van der Waals surface area contributed by atoms with Crippen molar-refractivity contribution in [3.8, 4) is 22.6 Å². The Balaban J connectivity index is 2.03. The molecule has 9 heteroatoms. The predicted octanol–water partition coefficient (Wildman–Crippen LogP) is 6.89. The van der Waals surface area contributed by atoms with Gasteiger partial charge in [-0.05, 0) is 29.7 Å². The van der Waals surface area contributed by atoms with Crippen molar-refractivity contribution in [2.24, 2.45) is 0 Å². The van der Waals surface area contributed by atoms with E-state index in [1.807, 2.05) is 13.8 Å². The fourth-order valence-electron chi connectivity index (χ4n) is 3.05. The van der Waals surface area contributed by atoms with Crippen molar-refractivity contribution in [2.45, 2.75) is 30.8 Å². The van der Waals surface area contributed by atoms with E-state index in [1.165, 1.54) is 12.1 Å². The summed E-state index contributed by atoms with van der Waals surface area (Å²) in [5, 5.41) is 6.42. The Morgan fingerprint density at radius 3 is 2.43 bits per heavy atom. The Kier molecular flexibility index (Phi) is 6.43. The van der Waals surface area contributed by atoms with Crippen LogP contribution < -0.4 is 5.32 Å². The first-order valence-electron chi connectivity index (χ1n) is 8.94. The van der Waals surface area contributed by atoms with Crippen LogP contribution in [0.15, 0.2) is 53.1 Å². The summed E-state index contributed by atoms with van der Waals surface area (Å²) < 4.78 is 46.2. The van der Waals surface area contributed by atoms with E-state index in [0.717, 1.165) is 6.07 Å². The van der Waals surface area contributed by atoms with E-state index in [9.17, 15) is 18.0 Å². The first-order valence-corrected chi connectivity index (χ1v) is 9.82. The number of carbonyl (C=O) groups is 1. The van der Waals surface area contributed by atoms with Crippen molar-refractivity contribution in [1.82, 2.24) is 5.16 Å². The molecule has 1 amide bonds. The quantitative estimate of drug-likeness (QED) is 0.425. The number of nitrogens with one attached hydrogen (secondary N) is 1. The lowest BCUT2D eigenvalue weighted by Crippen LogP contribution is -2.18. The molecule has 0 saturated carbocycles. The molecule has 3 aromatic rings. The smallest absolute Gasteiger partial charge is 0.356 e. The first-order chi connectivity index (χ1) is 14.1. The first kappa shape index (κ1) is 22.2. The lowest BCUT2D eigenvalue weighted by atomic mass is 9.91. The summed E-state index contributed by atoms with van der Waals surface area (Å²) in [6, 6.07) is 12.0. The highest BCUT2D eigenvalue weighted by Crippen LogP contribution is 2.41. The molecule has 0 saturated heterocycles. The van der Waals surface area contributed by atoms with E-state index in [2.05, 4.69) is 10.5 Å². The second-order valence-corrected chi connectivity index (χ2v) is 7.97. The monoisotopic (exact) mass is 456 g/mol. The Bertz CT molecular complexity index is 1060. The van der Waals surface area contributed by atoms with Crippen molar-refractivity contribution >= 4 is 34.8 Å². The van der Waals surface area contributed by atoms with E-state index in [-0.39, 0.29) is 22.9 Å². The maximum Gasteiger partial charge on any atom is 0.417 e.